The van der Waals surface area contributed by atoms with Gasteiger partial charge in [0.15, 0.2) is 5.11 Å². The number of anilines is 1. The van der Waals surface area contributed by atoms with Gasteiger partial charge in [0.25, 0.3) is 0 Å². The number of nitrogens with one attached hydrogen (secondary N) is 2. The molecule has 0 aliphatic rings. The predicted molar refractivity (Wildman–Crippen MR) is 80.9 cm³/mol. The van der Waals surface area contributed by atoms with Crippen LogP contribution in [-0.2, 0) is 6.54 Å². The van der Waals surface area contributed by atoms with Crippen molar-refractivity contribution in [1.29, 1.82) is 0 Å². The van der Waals surface area contributed by atoms with Gasteiger partial charge < -0.3 is 10.6 Å². The van der Waals surface area contributed by atoms with Crippen molar-refractivity contribution < 1.29 is 8.78 Å². The monoisotopic (exact) mass is 312 g/mol. The van der Waals surface area contributed by atoms with Gasteiger partial charge in [0, 0.05) is 17.6 Å². The zero-order chi connectivity index (χ0) is 14.5. The van der Waals surface area contributed by atoms with E-state index in [-0.39, 0.29) is 10.8 Å². The first-order valence-electron chi connectivity index (χ1n) is 5.79. The highest BCUT2D eigenvalue weighted by Crippen LogP contribution is 2.15. The number of hydrogen-bond donors (Lipinski definition) is 2. The molecule has 0 spiro atoms. The standard InChI is InChI=1S/C14H11ClF2N2S/c15-10-3-1-9(2-4-10)8-18-14(20)19-13-6-5-11(16)7-12(13)17/h1-7H,8H2,(H2,18,19,20). The van der Waals surface area contributed by atoms with Gasteiger partial charge in [-0.05, 0) is 42.0 Å². The zero-order valence-electron chi connectivity index (χ0n) is 10.3. The summed E-state index contributed by atoms with van der Waals surface area (Å²) in [4.78, 5) is 0. The quantitative estimate of drug-likeness (QED) is 0.834. The highest BCUT2D eigenvalue weighted by molar-refractivity contribution is 7.80. The lowest BCUT2D eigenvalue weighted by Gasteiger charge is -2.11. The molecule has 104 valence electrons. The topological polar surface area (TPSA) is 24.1 Å². The molecule has 0 saturated heterocycles. The molecular formula is C14H11ClF2N2S. The Kier molecular flexibility index (Phi) is 4.87. The van der Waals surface area contributed by atoms with Gasteiger partial charge >= 0.3 is 0 Å². The third-order valence-corrected chi connectivity index (χ3v) is 3.04. The van der Waals surface area contributed by atoms with Crippen LogP contribution in [0.3, 0.4) is 0 Å². The normalized spacial score (nSPS) is 10.2. The molecule has 6 heteroatoms. The Morgan fingerprint density at radius 1 is 1.10 bits per heavy atom. The lowest BCUT2D eigenvalue weighted by atomic mass is 10.2. The van der Waals surface area contributed by atoms with Crippen molar-refractivity contribution in [1.82, 2.24) is 5.32 Å². The van der Waals surface area contributed by atoms with E-state index in [1.807, 2.05) is 12.1 Å². The molecule has 0 radical (unpaired) electrons. The van der Waals surface area contributed by atoms with Crippen LogP contribution in [-0.4, -0.2) is 5.11 Å². The van der Waals surface area contributed by atoms with Crippen molar-refractivity contribution in [3.63, 3.8) is 0 Å². The maximum atomic E-state index is 13.4. The SMILES string of the molecule is Fc1ccc(NC(=S)NCc2ccc(Cl)cc2)c(F)c1. The van der Waals surface area contributed by atoms with Gasteiger partial charge in [0.05, 0.1) is 5.69 Å². The summed E-state index contributed by atoms with van der Waals surface area (Å²) in [5.74, 6) is -1.33. The van der Waals surface area contributed by atoms with Gasteiger partial charge in [-0.2, -0.15) is 0 Å². The van der Waals surface area contributed by atoms with Gasteiger partial charge in [-0.1, -0.05) is 23.7 Å². The molecule has 0 amide bonds. The van der Waals surface area contributed by atoms with Crippen LogP contribution in [0, 0.1) is 11.6 Å². The fraction of sp³-hybridized carbons (Fsp3) is 0.0714. The van der Waals surface area contributed by atoms with E-state index in [2.05, 4.69) is 10.6 Å². The van der Waals surface area contributed by atoms with E-state index < -0.39 is 11.6 Å². The van der Waals surface area contributed by atoms with E-state index in [0.29, 0.717) is 11.6 Å². The molecule has 0 saturated carbocycles. The number of benzene rings is 2. The smallest absolute Gasteiger partial charge is 0.171 e. The van der Waals surface area contributed by atoms with Crippen LogP contribution in [0.1, 0.15) is 5.56 Å². The molecule has 0 aliphatic heterocycles. The molecule has 0 atom stereocenters. The molecule has 2 aromatic rings. The van der Waals surface area contributed by atoms with Gasteiger partial charge in [-0.15, -0.1) is 0 Å². The highest BCUT2D eigenvalue weighted by Gasteiger charge is 2.05. The Bertz CT molecular complexity index is 617. The molecule has 0 unspecified atom stereocenters. The van der Waals surface area contributed by atoms with E-state index in [1.165, 1.54) is 6.07 Å². The first-order chi connectivity index (χ1) is 9.54. The van der Waals surface area contributed by atoms with Crippen molar-refractivity contribution >= 4 is 34.6 Å². The fourth-order valence-electron chi connectivity index (χ4n) is 1.54. The minimum absolute atomic E-state index is 0.125. The van der Waals surface area contributed by atoms with E-state index >= 15 is 0 Å². The first-order valence-corrected chi connectivity index (χ1v) is 6.57. The van der Waals surface area contributed by atoms with Crippen LogP contribution in [0.5, 0.6) is 0 Å². The third kappa shape index (κ3) is 4.15. The number of hydrogen-bond acceptors (Lipinski definition) is 1. The molecular weight excluding hydrogens is 302 g/mol. The molecule has 2 rings (SSSR count). The maximum Gasteiger partial charge on any atom is 0.171 e. The Labute approximate surface area is 125 Å². The van der Waals surface area contributed by atoms with Gasteiger partial charge in [-0.3, -0.25) is 0 Å². The number of rotatable bonds is 3. The Balaban J connectivity index is 1.90. The second-order valence-corrected chi connectivity index (χ2v) is 4.90. The zero-order valence-corrected chi connectivity index (χ0v) is 11.9. The molecule has 2 N–H and O–H groups in total. The second kappa shape index (κ2) is 6.63. The summed E-state index contributed by atoms with van der Waals surface area (Å²) in [6.07, 6.45) is 0. The number of halogens is 3. The molecule has 0 bridgehead atoms. The molecule has 20 heavy (non-hydrogen) atoms. The van der Waals surface area contributed by atoms with Crippen LogP contribution in [0.4, 0.5) is 14.5 Å². The van der Waals surface area contributed by atoms with Crippen LogP contribution >= 0.6 is 23.8 Å². The lowest BCUT2D eigenvalue weighted by molar-refractivity contribution is 0.586. The van der Waals surface area contributed by atoms with Crippen LogP contribution in [0.25, 0.3) is 0 Å². The molecule has 0 fully saturated rings. The minimum atomic E-state index is -0.694. The summed E-state index contributed by atoms with van der Waals surface area (Å²) in [7, 11) is 0. The summed E-state index contributed by atoms with van der Waals surface area (Å²) in [5, 5.41) is 6.51. The van der Waals surface area contributed by atoms with Gasteiger partial charge in [0.1, 0.15) is 11.6 Å². The van der Waals surface area contributed by atoms with Crippen molar-refractivity contribution in [3.05, 3.63) is 64.7 Å². The van der Waals surface area contributed by atoms with Crippen molar-refractivity contribution in [2.45, 2.75) is 6.54 Å². The van der Waals surface area contributed by atoms with Gasteiger partial charge in [-0.25, -0.2) is 8.78 Å². The van der Waals surface area contributed by atoms with Gasteiger partial charge in [0.2, 0.25) is 0 Å². The Morgan fingerprint density at radius 3 is 2.45 bits per heavy atom. The fourth-order valence-corrected chi connectivity index (χ4v) is 1.85. The Hall–Kier alpha value is -1.72. The molecule has 2 aromatic carbocycles. The minimum Gasteiger partial charge on any atom is -0.358 e. The van der Waals surface area contributed by atoms with E-state index in [4.69, 9.17) is 23.8 Å². The van der Waals surface area contributed by atoms with Crippen molar-refractivity contribution in [2.75, 3.05) is 5.32 Å². The largest absolute Gasteiger partial charge is 0.358 e. The molecule has 0 heterocycles. The maximum absolute atomic E-state index is 13.4. The van der Waals surface area contributed by atoms with Crippen molar-refractivity contribution in [3.8, 4) is 0 Å². The predicted octanol–water partition coefficient (Wildman–Crippen LogP) is 4.10. The Morgan fingerprint density at radius 2 is 1.80 bits per heavy atom. The summed E-state index contributed by atoms with van der Waals surface area (Å²) in [5.41, 5.74) is 1.11. The van der Waals surface area contributed by atoms with E-state index in [0.717, 1.165) is 17.7 Å². The lowest BCUT2D eigenvalue weighted by Crippen LogP contribution is -2.28. The average molecular weight is 313 g/mol. The van der Waals surface area contributed by atoms with Crippen LogP contribution in [0.15, 0.2) is 42.5 Å². The summed E-state index contributed by atoms with van der Waals surface area (Å²) in [6, 6.07) is 10.5. The summed E-state index contributed by atoms with van der Waals surface area (Å²) < 4.78 is 26.2. The van der Waals surface area contributed by atoms with E-state index in [9.17, 15) is 8.78 Å². The third-order valence-electron chi connectivity index (χ3n) is 2.55. The van der Waals surface area contributed by atoms with Crippen LogP contribution < -0.4 is 10.6 Å². The number of thiocarbonyl (C=S) groups is 1. The average Bonchev–Trinajstić information content (AvgIpc) is 2.41. The molecule has 0 aromatic heterocycles. The molecule has 2 nitrogen and oxygen atoms in total. The summed E-state index contributed by atoms with van der Waals surface area (Å²) in [6.45, 7) is 0.478. The highest BCUT2D eigenvalue weighted by atomic mass is 35.5. The van der Waals surface area contributed by atoms with Crippen LogP contribution in [0.2, 0.25) is 5.02 Å². The molecule has 0 aliphatic carbocycles. The summed E-state index contributed by atoms with van der Waals surface area (Å²) >= 11 is 10.8. The first kappa shape index (κ1) is 14.7. The van der Waals surface area contributed by atoms with E-state index in [1.54, 1.807) is 12.1 Å². The second-order valence-electron chi connectivity index (χ2n) is 4.06. The van der Waals surface area contributed by atoms with Crippen molar-refractivity contribution in [2.24, 2.45) is 0 Å².